The summed E-state index contributed by atoms with van der Waals surface area (Å²) in [5.74, 6) is 0.627. The third kappa shape index (κ3) is 3.46. The second-order valence-corrected chi connectivity index (χ2v) is 6.15. The van der Waals surface area contributed by atoms with E-state index in [2.05, 4.69) is 6.92 Å². The summed E-state index contributed by atoms with van der Waals surface area (Å²) in [7, 11) is 0. The molecule has 0 aromatic heterocycles. The van der Waals surface area contributed by atoms with Crippen LogP contribution in [0.4, 0.5) is 0 Å². The van der Waals surface area contributed by atoms with E-state index in [9.17, 15) is 9.90 Å². The van der Waals surface area contributed by atoms with Gasteiger partial charge in [0, 0.05) is 25.0 Å². The highest BCUT2D eigenvalue weighted by atomic mass is 16.5. The molecule has 2 fully saturated rings. The van der Waals surface area contributed by atoms with E-state index < -0.39 is 0 Å². The number of carbonyl (C=O) groups excluding carboxylic acids is 1. The molecule has 5 unspecified atom stereocenters. The van der Waals surface area contributed by atoms with Gasteiger partial charge in [0.15, 0.2) is 0 Å². The summed E-state index contributed by atoms with van der Waals surface area (Å²) in [6, 6.07) is 0.150. The Hall–Kier alpha value is -0.650. The number of ether oxygens (including phenoxy) is 1. The quantitative estimate of drug-likeness (QED) is 0.759. The lowest BCUT2D eigenvalue weighted by Crippen LogP contribution is -2.53. The van der Waals surface area contributed by atoms with Gasteiger partial charge >= 0.3 is 0 Å². The molecule has 3 N–H and O–H groups in total. The van der Waals surface area contributed by atoms with E-state index in [1.807, 2.05) is 11.8 Å². The van der Waals surface area contributed by atoms with Gasteiger partial charge in [-0.1, -0.05) is 6.92 Å². The van der Waals surface area contributed by atoms with E-state index in [0.717, 1.165) is 19.3 Å². The van der Waals surface area contributed by atoms with Gasteiger partial charge in [0.2, 0.25) is 5.91 Å². The molecule has 5 heteroatoms. The topological polar surface area (TPSA) is 75.8 Å². The largest absolute Gasteiger partial charge is 0.394 e. The average molecular weight is 270 g/mol. The molecule has 5 atom stereocenters. The highest BCUT2D eigenvalue weighted by Crippen LogP contribution is 2.31. The maximum absolute atomic E-state index is 12.6. The zero-order valence-corrected chi connectivity index (χ0v) is 11.9. The molecule has 2 aliphatic rings. The standard InChI is InChI=1S/C14H26N2O3/c1-9-3-4-11(15)5-13(9)14(18)16-6-10(2)19-12(7-16)8-17/h9-13,17H,3-8,15H2,1-2H3. The lowest BCUT2D eigenvalue weighted by atomic mass is 9.77. The molecule has 0 bridgehead atoms. The van der Waals surface area contributed by atoms with Crippen molar-refractivity contribution in [3.05, 3.63) is 0 Å². The monoisotopic (exact) mass is 270 g/mol. The van der Waals surface area contributed by atoms with Gasteiger partial charge in [0.1, 0.15) is 0 Å². The molecule has 0 radical (unpaired) electrons. The van der Waals surface area contributed by atoms with E-state index in [4.69, 9.17) is 10.5 Å². The Bertz CT molecular complexity index is 324. The SMILES string of the molecule is CC1CN(C(=O)C2CC(N)CCC2C)CC(CO)O1. The maximum Gasteiger partial charge on any atom is 0.226 e. The molecule has 5 nitrogen and oxygen atoms in total. The number of aliphatic hydroxyl groups is 1. The third-order valence-corrected chi connectivity index (χ3v) is 4.40. The van der Waals surface area contributed by atoms with Crippen LogP contribution in [0.3, 0.4) is 0 Å². The Labute approximate surface area is 115 Å². The molecule has 2 rings (SSSR count). The number of hydrogen-bond donors (Lipinski definition) is 2. The number of nitrogens with two attached hydrogens (primary N) is 1. The number of morpholine rings is 1. The van der Waals surface area contributed by atoms with Crippen LogP contribution in [-0.2, 0) is 9.53 Å². The Balaban J connectivity index is 2.01. The van der Waals surface area contributed by atoms with Crippen molar-refractivity contribution in [2.24, 2.45) is 17.6 Å². The van der Waals surface area contributed by atoms with Gasteiger partial charge in [0.25, 0.3) is 0 Å². The van der Waals surface area contributed by atoms with Crippen LogP contribution in [0, 0.1) is 11.8 Å². The summed E-state index contributed by atoms with van der Waals surface area (Å²) in [6.45, 7) is 5.17. The van der Waals surface area contributed by atoms with Crippen molar-refractivity contribution in [3.8, 4) is 0 Å². The van der Waals surface area contributed by atoms with E-state index in [-0.39, 0.29) is 36.7 Å². The van der Waals surface area contributed by atoms with Gasteiger partial charge in [-0.25, -0.2) is 0 Å². The minimum atomic E-state index is -0.250. The summed E-state index contributed by atoms with van der Waals surface area (Å²) >= 11 is 0. The molecule has 1 amide bonds. The first-order valence-electron chi connectivity index (χ1n) is 7.32. The molecule has 110 valence electrons. The lowest BCUT2D eigenvalue weighted by molar-refractivity contribution is -0.153. The Morgan fingerprint density at radius 1 is 1.37 bits per heavy atom. The van der Waals surface area contributed by atoms with E-state index in [1.54, 1.807) is 0 Å². The fourth-order valence-corrected chi connectivity index (χ4v) is 3.26. The first kappa shape index (κ1) is 14.8. The van der Waals surface area contributed by atoms with E-state index in [1.165, 1.54) is 0 Å². The first-order chi connectivity index (χ1) is 9.01. The number of amides is 1. The lowest BCUT2D eigenvalue weighted by Gasteiger charge is -2.40. The van der Waals surface area contributed by atoms with Crippen LogP contribution in [0.25, 0.3) is 0 Å². The number of aliphatic hydroxyl groups excluding tert-OH is 1. The van der Waals surface area contributed by atoms with Crippen LogP contribution in [-0.4, -0.2) is 53.9 Å². The Kier molecular flexibility index (Phi) is 4.81. The average Bonchev–Trinajstić information content (AvgIpc) is 2.40. The fourth-order valence-electron chi connectivity index (χ4n) is 3.26. The Morgan fingerprint density at radius 2 is 2.11 bits per heavy atom. The zero-order chi connectivity index (χ0) is 14.0. The summed E-state index contributed by atoms with van der Waals surface area (Å²) in [5.41, 5.74) is 6.00. The number of nitrogens with zero attached hydrogens (tertiary/aromatic N) is 1. The summed E-state index contributed by atoms with van der Waals surface area (Å²) in [6.07, 6.45) is 2.57. The van der Waals surface area contributed by atoms with Crippen LogP contribution in [0.2, 0.25) is 0 Å². The van der Waals surface area contributed by atoms with E-state index >= 15 is 0 Å². The molecule has 1 saturated heterocycles. The minimum Gasteiger partial charge on any atom is -0.394 e. The zero-order valence-electron chi connectivity index (χ0n) is 11.9. The van der Waals surface area contributed by atoms with Crippen molar-refractivity contribution < 1.29 is 14.6 Å². The normalized spacial score (nSPS) is 40.2. The molecule has 0 aromatic carbocycles. The van der Waals surface area contributed by atoms with E-state index in [0.29, 0.717) is 19.0 Å². The van der Waals surface area contributed by atoms with Crippen molar-refractivity contribution in [2.75, 3.05) is 19.7 Å². The van der Waals surface area contributed by atoms with Crippen LogP contribution >= 0.6 is 0 Å². The van der Waals surface area contributed by atoms with Gasteiger partial charge in [-0.05, 0) is 32.1 Å². The summed E-state index contributed by atoms with van der Waals surface area (Å²) < 4.78 is 5.58. The van der Waals surface area contributed by atoms with Gasteiger partial charge < -0.3 is 20.5 Å². The molecule has 1 aliphatic heterocycles. The van der Waals surface area contributed by atoms with Crippen molar-refractivity contribution in [1.29, 1.82) is 0 Å². The maximum atomic E-state index is 12.6. The number of hydrogen-bond acceptors (Lipinski definition) is 4. The van der Waals surface area contributed by atoms with Crippen molar-refractivity contribution in [3.63, 3.8) is 0 Å². The highest BCUT2D eigenvalue weighted by Gasteiger charge is 2.36. The molecular weight excluding hydrogens is 244 g/mol. The predicted molar refractivity (Wildman–Crippen MR) is 72.5 cm³/mol. The van der Waals surface area contributed by atoms with Gasteiger partial charge in [0.05, 0.1) is 18.8 Å². The van der Waals surface area contributed by atoms with Crippen LogP contribution in [0.1, 0.15) is 33.1 Å². The van der Waals surface area contributed by atoms with Crippen LogP contribution < -0.4 is 5.73 Å². The highest BCUT2D eigenvalue weighted by molar-refractivity contribution is 5.79. The summed E-state index contributed by atoms with van der Waals surface area (Å²) in [4.78, 5) is 14.5. The van der Waals surface area contributed by atoms with Crippen molar-refractivity contribution in [1.82, 2.24) is 4.90 Å². The first-order valence-corrected chi connectivity index (χ1v) is 7.32. The minimum absolute atomic E-state index is 0.0116. The van der Waals surface area contributed by atoms with Gasteiger partial charge in [-0.3, -0.25) is 4.79 Å². The number of rotatable bonds is 2. The Morgan fingerprint density at radius 3 is 2.79 bits per heavy atom. The molecule has 0 spiro atoms. The molecule has 19 heavy (non-hydrogen) atoms. The molecule has 1 heterocycles. The molecule has 1 saturated carbocycles. The number of carbonyl (C=O) groups is 1. The van der Waals surface area contributed by atoms with Crippen LogP contribution in [0.5, 0.6) is 0 Å². The second kappa shape index (κ2) is 6.20. The van der Waals surface area contributed by atoms with Gasteiger partial charge in [-0.15, -0.1) is 0 Å². The molecular formula is C14H26N2O3. The van der Waals surface area contributed by atoms with Crippen molar-refractivity contribution in [2.45, 2.75) is 51.4 Å². The smallest absolute Gasteiger partial charge is 0.226 e. The molecule has 0 aromatic rings. The predicted octanol–water partition coefficient (Wildman–Crippen LogP) is 0.358. The van der Waals surface area contributed by atoms with Gasteiger partial charge in [-0.2, -0.15) is 0 Å². The fraction of sp³-hybridized carbons (Fsp3) is 0.929. The summed E-state index contributed by atoms with van der Waals surface area (Å²) in [5, 5.41) is 9.23. The second-order valence-electron chi connectivity index (χ2n) is 6.15. The van der Waals surface area contributed by atoms with Crippen molar-refractivity contribution >= 4 is 5.91 Å². The van der Waals surface area contributed by atoms with Crippen LogP contribution in [0.15, 0.2) is 0 Å². The molecule has 1 aliphatic carbocycles. The third-order valence-electron chi connectivity index (χ3n) is 4.40.